The first-order chi connectivity index (χ1) is 9.57. The number of anilines is 2. The Morgan fingerprint density at radius 3 is 2.55 bits per heavy atom. The van der Waals surface area contributed by atoms with Crippen LogP contribution in [-0.4, -0.2) is 39.3 Å². The second kappa shape index (κ2) is 6.19. The van der Waals surface area contributed by atoms with Crippen LogP contribution in [0.1, 0.15) is 33.1 Å². The molecule has 0 amide bonds. The lowest BCUT2D eigenvalue weighted by molar-refractivity contribution is 0.222. The summed E-state index contributed by atoms with van der Waals surface area (Å²) in [6.45, 7) is 4.72. The highest BCUT2D eigenvalue weighted by atomic mass is 16.5. The van der Waals surface area contributed by atoms with Crippen LogP contribution in [0.15, 0.2) is 0 Å². The van der Waals surface area contributed by atoms with Crippen molar-refractivity contribution in [2.75, 3.05) is 23.9 Å². The molecule has 1 aromatic heterocycles. The first kappa shape index (κ1) is 14.7. The quantitative estimate of drug-likeness (QED) is 0.402. The Morgan fingerprint density at radius 2 is 2.00 bits per heavy atom. The maximum Gasteiger partial charge on any atom is 0.323 e. The van der Waals surface area contributed by atoms with Crippen LogP contribution in [0.2, 0.25) is 0 Å². The van der Waals surface area contributed by atoms with E-state index in [4.69, 9.17) is 15.7 Å². The number of rotatable bonds is 8. The third kappa shape index (κ3) is 3.91. The van der Waals surface area contributed by atoms with Gasteiger partial charge >= 0.3 is 6.01 Å². The maximum absolute atomic E-state index is 9.05. The van der Waals surface area contributed by atoms with Gasteiger partial charge in [0.2, 0.25) is 11.9 Å². The smallest absolute Gasteiger partial charge is 0.323 e. The van der Waals surface area contributed by atoms with Crippen LogP contribution in [-0.2, 0) is 0 Å². The summed E-state index contributed by atoms with van der Waals surface area (Å²) in [5, 5.41) is 12.2. The minimum Gasteiger partial charge on any atom is -0.461 e. The molecule has 0 aliphatic heterocycles. The maximum atomic E-state index is 9.05. The standard InChI is InChI=1S/C12H22N6O2/c1-8(2)20-11-16-9(15-10(17-11)18-13)14-7-12(3-4-12)5-6-19/h8,19H,3-7,13H2,1-2H3,(H2,14,15,16,17,18). The molecule has 1 aliphatic carbocycles. The van der Waals surface area contributed by atoms with E-state index in [1.807, 2.05) is 13.8 Å². The normalized spacial score (nSPS) is 16.1. The van der Waals surface area contributed by atoms with Crippen molar-refractivity contribution in [3.8, 4) is 6.01 Å². The summed E-state index contributed by atoms with van der Waals surface area (Å²) < 4.78 is 5.45. The van der Waals surface area contributed by atoms with E-state index in [1.165, 1.54) is 0 Å². The van der Waals surface area contributed by atoms with Crippen LogP contribution in [0.25, 0.3) is 0 Å². The fourth-order valence-electron chi connectivity index (χ4n) is 1.96. The van der Waals surface area contributed by atoms with E-state index in [0.717, 1.165) is 25.8 Å². The molecule has 1 heterocycles. The van der Waals surface area contributed by atoms with Crippen LogP contribution in [0, 0.1) is 5.41 Å². The average Bonchev–Trinajstić information content (AvgIpc) is 3.16. The number of nitrogens with one attached hydrogen (secondary N) is 2. The summed E-state index contributed by atoms with van der Waals surface area (Å²) in [5.74, 6) is 6.02. The lowest BCUT2D eigenvalue weighted by Gasteiger charge is -2.15. The molecule has 0 aromatic carbocycles. The zero-order chi connectivity index (χ0) is 14.6. The largest absolute Gasteiger partial charge is 0.461 e. The molecule has 8 nitrogen and oxygen atoms in total. The van der Waals surface area contributed by atoms with E-state index in [2.05, 4.69) is 25.7 Å². The van der Waals surface area contributed by atoms with E-state index in [-0.39, 0.29) is 30.1 Å². The summed E-state index contributed by atoms with van der Waals surface area (Å²) in [5.41, 5.74) is 2.57. The molecule has 20 heavy (non-hydrogen) atoms. The predicted molar refractivity (Wildman–Crippen MR) is 75.3 cm³/mol. The van der Waals surface area contributed by atoms with Gasteiger partial charge in [-0.1, -0.05) is 0 Å². The van der Waals surface area contributed by atoms with E-state index < -0.39 is 0 Å². The van der Waals surface area contributed by atoms with Crippen LogP contribution < -0.4 is 21.3 Å². The molecule has 1 saturated carbocycles. The highest BCUT2D eigenvalue weighted by molar-refractivity contribution is 5.35. The molecular weight excluding hydrogens is 260 g/mol. The van der Waals surface area contributed by atoms with Crippen LogP contribution >= 0.6 is 0 Å². The van der Waals surface area contributed by atoms with Gasteiger partial charge in [-0.2, -0.15) is 15.0 Å². The fraction of sp³-hybridized carbons (Fsp3) is 0.750. The summed E-state index contributed by atoms with van der Waals surface area (Å²) in [4.78, 5) is 12.4. The Labute approximate surface area is 118 Å². The predicted octanol–water partition coefficient (Wildman–Crippen LogP) is 0.519. The van der Waals surface area contributed by atoms with Crippen LogP contribution in [0.3, 0.4) is 0 Å². The number of hydrogen-bond acceptors (Lipinski definition) is 8. The van der Waals surface area contributed by atoms with Crippen molar-refractivity contribution < 1.29 is 9.84 Å². The molecule has 0 unspecified atom stereocenters. The van der Waals surface area contributed by atoms with E-state index in [0.29, 0.717) is 5.95 Å². The van der Waals surface area contributed by atoms with E-state index in [1.54, 1.807) is 0 Å². The Hall–Kier alpha value is -1.67. The summed E-state index contributed by atoms with van der Waals surface area (Å²) in [6.07, 6.45) is 2.99. The zero-order valence-corrected chi connectivity index (χ0v) is 11.9. The molecule has 1 aromatic rings. The van der Waals surface area contributed by atoms with Crippen molar-refractivity contribution >= 4 is 11.9 Å². The molecule has 0 bridgehead atoms. The lowest BCUT2D eigenvalue weighted by Crippen LogP contribution is -2.20. The van der Waals surface area contributed by atoms with Crippen molar-refractivity contribution in [2.45, 2.75) is 39.2 Å². The second-order valence-electron chi connectivity index (χ2n) is 5.40. The second-order valence-corrected chi connectivity index (χ2v) is 5.40. The number of nitrogens with zero attached hydrogens (tertiary/aromatic N) is 3. The molecule has 5 N–H and O–H groups in total. The Bertz CT molecular complexity index is 450. The molecule has 8 heteroatoms. The molecular formula is C12H22N6O2. The van der Waals surface area contributed by atoms with Crippen molar-refractivity contribution in [1.82, 2.24) is 15.0 Å². The molecule has 2 rings (SSSR count). The van der Waals surface area contributed by atoms with Gasteiger partial charge < -0.3 is 15.2 Å². The van der Waals surface area contributed by atoms with Crippen molar-refractivity contribution in [1.29, 1.82) is 0 Å². The summed E-state index contributed by atoms with van der Waals surface area (Å²) in [7, 11) is 0. The number of aromatic nitrogens is 3. The third-order valence-electron chi connectivity index (χ3n) is 3.31. The molecule has 0 atom stereocenters. The average molecular weight is 282 g/mol. The number of nitrogens with two attached hydrogens (primary N) is 1. The number of nitrogen functional groups attached to an aromatic ring is 1. The molecule has 0 spiro atoms. The van der Waals surface area contributed by atoms with Gasteiger partial charge in [-0.15, -0.1) is 0 Å². The van der Waals surface area contributed by atoms with E-state index in [9.17, 15) is 0 Å². The van der Waals surface area contributed by atoms with Gasteiger partial charge in [0, 0.05) is 13.2 Å². The molecule has 1 fully saturated rings. The number of ether oxygens (including phenoxy) is 1. The number of hydrogen-bond donors (Lipinski definition) is 4. The Balaban J connectivity index is 2.02. The van der Waals surface area contributed by atoms with Gasteiger partial charge in [0.1, 0.15) is 0 Å². The van der Waals surface area contributed by atoms with Gasteiger partial charge in [0.25, 0.3) is 0 Å². The van der Waals surface area contributed by atoms with Gasteiger partial charge in [0.05, 0.1) is 6.10 Å². The summed E-state index contributed by atoms with van der Waals surface area (Å²) in [6, 6.07) is 0.234. The molecule has 1 aliphatic rings. The van der Waals surface area contributed by atoms with Crippen molar-refractivity contribution in [3.05, 3.63) is 0 Å². The first-order valence-corrected chi connectivity index (χ1v) is 6.81. The van der Waals surface area contributed by atoms with E-state index >= 15 is 0 Å². The van der Waals surface area contributed by atoms with Gasteiger partial charge in [-0.25, -0.2) is 5.84 Å². The minimum atomic E-state index is -0.0277. The summed E-state index contributed by atoms with van der Waals surface area (Å²) >= 11 is 0. The monoisotopic (exact) mass is 282 g/mol. The van der Waals surface area contributed by atoms with Gasteiger partial charge in [0.15, 0.2) is 0 Å². The topological polar surface area (TPSA) is 118 Å². The lowest BCUT2D eigenvalue weighted by atomic mass is 10.0. The molecule has 112 valence electrons. The highest BCUT2D eigenvalue weighted by Gasteiger charge is 2.41. The number of aliphatic hydroxyl groups is 1. The molecule has 0 radical (unpaired) electrons. The third-order valence-corrected chi connectivity index (χ3v) is 3.31. The first-order valence-electron chi connectivity index (χ1n) is 6.81. The number of aliphatic hydroxyl groups excluding tert-OH is 1. The Morgan fingerprint density at radius 1 is 1.30 bits per heavy atom. The van der Waals surface area contributed by atoms with Crippen molar-refractivity contribution in [3.63, 3.8) is 0 Å². The SMILES string of the molecule is CC(C)Oc1nc(NN)nc(NCC2(CCO)CC2)n1. The van der Waals surface area contributed by atoms with Gasteiger partial charge in [-0.3, -0.25) is 5.43 Å². The molecule has 0 saturated heterocycles. The van der Waals surface area contributed by atoms with Crippen molar-refractivity contribution in [2.24, 2.45) is 11.3 Å². The highest BCUT2D eigenvalue weighted by Crippen LogP contribution is 2.48. The van der Waals surface area contributed by atoms with Crippen LogP contribution in [0.4, 0.5) is 11.9 Å². The fourth-order valence-corrected chi connectivity index (χ4v) is 1.96. The van der Waals surface area contributed by atoms with Gasteiger partial charge in [-0.05, 0) is 38.5 Å². The minimum absolute atomic E-state index is 0.0277. The Kier molecular flexibility index (Phi) is 4.56. The van der Waals surface area contributed by atoms with Crippen LogP contribution in [0.5, 0.6) is 6.01 Å². The number of hydrazine groups is 1. The zero-order valence-electron chi connectivity index (χ0n) is 11.9.